The minimum absolute atomic E-state index is 0.0421. The number of amides is 1. The van der Waals surface area contributed by atoms with Crippen molar-refractivity contribution in [1.29, 1.82) is 0 Å². The van der Waals surface area contributed by atoms with E-state index in [1.54, 1.807) is 13.2 Å². The maximum absolute atomic E-state index is 12.3. The number of aromatic nitrogens is 2. The third-order valence-corrected chi connectivity index (χ3v) is 3.36. The second-order valence-electron chi connectivity index (χ2n) is 4.62. The number of likely N-dealkylation sites (N-methyl/N-ethyl adjacent to an activating group) is 1. The molecule has 1 unspecified atom stereocenters. The SMILES string of the molecule is CNc1cncc(C(=O)N2CCN(C)C(C)C2)n1. The molecule has 0 bridgehead atoms. The lowest BCUT2D eigenvalue weighted by molar-refractivity contribution is 0.0566. The molecule has 2 heterocycles. The molecular weight excluding hydrogens is 230 g/mol. The highest BCUT2D eigenvalue weighted by Crippen LogP contribution is 2.11. The summed E-state index contributed by atoms with van der Waals surface area (Å²) in [6.45, 7) is 4.49. The van der Waals surface area contributed by atoms with E-state index in [4.69, 9.17) is 0 Å². The molecule has 1 atom stereocenters. The van der Waals surface area contributed by atoms with Crippen molar-refractivity contribution in [2.24, 2.45) is 0 Å². The number of anilines is 1. The van der Waals surface area contributed by atoms with Crippen molar-refractivity contribution >= 4 is 11.7 Å². The van der Waals surface area contributed by atoms with Crippen LogP contribution in [0.3, 0.4) is 0 Å². The van der Waals surface area contributed by atoms with Crippen LogP contribution in [-0.2, 0) is 0 Å². The molecule has 6 heteroatoms. The average molecular weight is 249 g/mol. The van der Waals surface area contributed by atoms with Gasteiger partial charge in [0.1, 0.15) is 11.5 Å². The molecule has 0 aromatic carbocycles. The van der Waals surface area contributed by atoms with E-state index in [0.29, 0.717) is 17.6 Å². The molecule has 1 saturated heterocycles. The van der Waals surface area contributed by atoms with E-state index in [0.717, 1.165) is 19.6 Å². The van der Waals surface area contributed by atoms with Gasteiger partial charge >= 0.3 is 0 Å². The summed E-state index contributed by atoms with van der Waals surface area (Å²) in [5.74, 6) is 0.572. The Balaban J connectivity index is 2.11. The van der Waals surface area contributed by atoms with Crippen molar-refractivity contribution < 1.29 is 4.79 Å². The van der Waals surface area contributed by atoms with Crippen LogP contribution in [0.5, 0.6) is 0 Å². The molecule has 0 radical (unpaired) electrons. The van der Waals surface area contributed by atoms with Gasteiger partial charge in [-0.15, -0.1) is 0 Å². The Kier molecular flexibility index (Phi) is 3.76. The van der Waals surface area contributed by atoms with Crippen molar-refractivity contribution in [3.8, 4) is 0 Å². The van der Waals surface area contributed by atoms with E-state index in [1.807, 2.05) is 4.90 Å². The van der Waals surface area contributed by atoms with Crippen LogP contribution < -0.4 is 5.32 Å². The Morgan fingerprint density at radius 3 is 2.89 bits per heavy atom. The Hall–Kier alpha value is -1.69. The summed E-state index contributed by atoms with van der Waals surface area (Å²) in [5.41, 5.74) is 0.401. The molecule has 1 fully saturated rings. The second-order valence-corrected chi connectivity index (χ2v) is 4.62. The lowest BCUT2D eigenvalue weighted by Crippen LogP contribution is -2.52. The van der Waals surface area contributed by atoms with Gasteiger partial charge in [0, 0.05) is 32.7 Å². The Morgan fingerprint density at radius 2 is 2.22 bits per heavy atom. The van der Waals surface area contributed by atoms with Gasteiger partial charge in [0.05, 0.1) is 12.4 Å². The van der Waals surface area contributed by atoms with Crippen molar-refractivity contribution in [1.82, 2.24) is 19.8 Å². The number of carbonyl (C=O) groups is 1. The second kappa shape index (κ2) is 5.30. The van der Waals surface area contributed by atoms with E-state index in [-0.39, 0.29) is 5.91 Å². The Bertz CT molecular complexity index is 436. The third kappa shape index (κ3) is 2.59. The first kappa shape index (κ1) is 12.8. The van der Waals surface area contributed by atoms with Crippen LogP contribution in [0.2, 0.25) is 0 Å². The molecule has 6 nitrogen and oxygen atoms in total. The molecule has 1 N–H and O–H groups in total. The first-order valence-corrected chi connectivity index (χ1v) is 6.11. The molecule has 1 amide bonds. The number of carbonyl (C=O) groups excluding carboxylic acids is 1. The van der Waals surface area contributed by atoms with Gasteiger partial charge in [0.15, 0.2) is 0 Å². The molecule has 98 valence electrons. The summed E-state index contributed by atoms with van der Waals surface area (Å²) < 4.78 is 0. The van der Waals surface area contributed by atoms with Crippen LogP contribution in [0.25, 0.3) is 0 Å². The molecule has 1 aromatic heterocycles. The quantitative estimate of drug-likeness (QED) is 0.816. The molecule has 1 aliphatic rings. The first-order valence-electron chi connectivity index (χ1n) is 6.11. The van der Waals surface area contributed by atoms with E-state index < -0.39 is 0 Å². The zero-order valence-electron chi connectivity index (χ0n) is 11.1. The number of nitrogens with one attached hydrogen (secondary N) is 1. The fourth-order valence-electron chi connectivity index (χ4n) is 1.98. The molecule has 2 rings (SSSR count). The maximum Gasteiger partial charge on any atom is 0.274 e. The highest BCUT2D eigenvalue weighted by Gasteiger charge is 2.25. The highest BCUT2D eigenvalue weighted by atomic mass is 16.2. The summed E-state index contributed by atoms with van der Waals surface area (Å²) in [7, 11) is 3.84. The Morgan fingerprint density at radius 1 is 1.44 bits per heavy atom. The number of hydrogen-bond acceptors (Lipinski definition) is 5. The van der Waals surface area contributed by atoms with Crippen molar-refractivity contribution in [2.75, 3.05) is 39.0 Å². The standard InChI is InChI=1S/C12H19N5O/c1-9-8-17(5-4-16(9)3)12(18)10-6-14-7-11(13-2)15-10/h6-7,9H,4-5,8H2,1-3H3,(H,13,15). The molecule has 1 aliphatic heterocycles. The predicted molar refractivity (Wildman–Crippen MR) is 69.6 cm³/mol. The summed E-state index contributed by atoms with van der Waals surface area (Å²) in [6.07, 6.45) is 3.12. The van der Waals surface area contributed by atoms with Gasteiger partial charge in [0.2, 0.25) is 0 Å². The van der Waals surface area contributed by atoms with Gasteiger partial charge in [-0.05, 0) is 14.0 Å². The Labute approximate surface area is 107 Å². The monoisotopic (exact) mass is 249 g/mol. The predicted octanol–water partition coefficient (Wildman–Crippen LogP) is 0.294. The highest BCUT2D eigenvalue weighted by molar-refractivity contribution is 5.92. The zero-order valence-corrected chi connectivity index (χ0v) is 11.1. The average Bonchev–Trinajstić information content (AvgIpc) is 2.41. The fraction of sp³-hybridized carbons (Fsp3) is 0.583. The van der Waals surface area contributed by atoms with Gasteiger partial charge in [-0.1, -0.05) is 0 Å². The summed E-state index contributed by atoms with van der Waals surface area (Å²) in [4.78, 5) is 24.6. The summed E-state index contributed by atoms with van der Waals surface area (Å²) >= 11 is 0. The summed E-state index contributed by atoms with van der Waals surface area (Å²) in [5, 5.41) is 2.89. The number of nitrogens with zero attached hydrogens (tertiary/aromatic N) is 4. The van der Waals surface area contributed by atoms with Crippen molar-refractivity contribution in [3.63, 3.8) is 0 Å². The van der Waals surface area contributed by atoms with Crippen LogP contribution >= 0.6 is 0 Å². The van der Waals surface area contributed by atoms with Gasteiger partial charge in [0.25, 0.3) is 5.91 Å². The fourth-order valence-corrected chi connectivity index (χ4v) is 1.98. The smallest absolute Gasteiger partial charge is 0.274 e. The molecule has 18 heavy (non-hydrogen) atoms. The first-order chi connectivity index (χ1) is 8.61. The van der Waals surface area contributed by atoms with Crippen LogP contribution in [0.1, 0.15) is 17.4 Å². The number of hydrogen-bond donors (Lipinski definition) is 1. The van der Waals surface area contributed by atoms with Gasteiger partial charge in [-0.2, -0.15) is 0 Å². The zero-order chi connectivity index (χ0) is 13.1. The third-order valence-electron chi connectivity index (χ3n) is 3.36. The van der Waals surface area contributed by atoms with E-state index >= 15 is 0 Å². The van der Waals surface area contributed by atoms with Crippen LogP contribution in [0.4, 0.5) is 5.82 Å². The molecular formula is C12H19N5O. The summed E-state index contributed by atoms with van der Waals surface area (Å²) in [6, 6.07) is 0.378. The molecule has 1 aromatic rings. The minimum atomic E-state index is -0.0421. The molecule has 0 aliphatic carbocycles. The maximum atomic E-state index is 12.3. The topological polar surface area (TPSA) is 61.4 Å². The van der Waals surface area contributed by atoms with Gasteiger partial charge < -0.3 is 15.1 Å². The van der Waals surface area contributed by atoms with Gasteiger partial charge in [-0.25, -0.2) is 4.98 Å². The molecule has 0 saturated carbocycles. The van der Waals surface area contributed by atoms with Crippen molar-refractivity contribution in [2.45, 2.75) is 13.0 Å². The van der Waals surface area contributed by atoms with Gasteiger partial charge in [-0.3, -0.25) is 9.78 Å². The van der Waals surface area contributed by atoms with E-state index in [9.17, 15) is 4.79 Å². The van der Waals surface area contributed by atoms with Crippen molar-refractivity contribution in [3.05, 3.63) is 18.1 Å². The lowest BCUT2D eigenvalue weighted by Gasteiger charge is -2.37. The number of rotatable bonds is 2. The number of piperazine rings is 1. The van der Waals surface area contributed by atoms with Crippen LogP contribution in [0, 0.1) is 0 Å². The van der Waals surface area contributed by atoms with Crippen LogP contribution in [0.15, 0.2) is 12.4 Å². The van der Waals surface area contributed by atoms with E-state index in [2.05, 4.69) is 34.2 Å². The normalized spacial score (nSPS) is 20.8. The van der Waals surface area contributed by atoms with Crippen LogP contribution in [-0.4, -0.2) is 65.4 Å². The van der Waals surface area contributed by atoms with E-state index in [1.165, 1.54) is 6.20 Å². The lowest BCUT2D eigenvalue weighted by atomic mass is 10.2. The minimum Gasteiger partial charge on any atom is -0.372 e. The molecule has 0 spiro atoms. The largest absolute Gasteiger partial charge is 0.372 e.